The molecule has 1 aliphatic rings. The van der Waals surface area contributed by atoms with Gasteiger partial charge in [0.2, 0.25) is 5.88 Å². The SMILES string of the molecule is O=C(c1cc(OCc2ccccc2)ncn1)N1CCCCC1. The summed E-state index contributed by atoms with van der Waals surface area (Å²) in [5.74, 6) is 0.394. The number of piperidine rings is 1. The average molecular weight is 297 g/mol. The van der Waals surface area contributed by atoms with E-state index in [-0.39, 0.29) is 5.91 Å². The summed E-state index contributed by atoms with van der Waals surface area (Å²) >= 11 is 0. The van der Waals surface area contributed by atoms with Crippen molar-refractivity contribution in [2.75, 3.05) is 13.1 Å². The van der Waals surface area contributed by atoms with Crippen LogP contribution in [0.2, 0.25) is 0 Å². The number of amides is 1. The first kappa shape index (κ1) is 14.5. The molecule has 1 saturated heterocycles. The van der Waals surface area contributed by atoms with Gasteiger partial charge in [-0.1, -0.05) is 30.3 Å². The van der Waals surface area contributed by atoms with Gasteiger partial charge < -0.3 is 9.64 Å². The summed E-state index contributed by atoms with van der Waals surface area (Å²) in [6.45, 7) is 2.04. The highest BCUT2D eigenvalue weighted by molar-refractivity contribution is 5.92. The van der Waals surface area contributed by atoms with Gasteiger partial charge in [0.15, 0.2) is 0 Å². The Bertz CT molecular complexity index is 625. The fourth-order valence-corrected chi connectivity index (χ4v) is 2.53. The van der Waals surface area contributed by atoms with E-state index in [1.807, 2.05) is 35.2 Å². The number of rotatable bonds is 4. The standard InChI is InChI=1S/C17H19N3O2/c21-17(20-9-5-2-6-10-20)15-11-16(19-13-18-15)22-12-14-7-3-1-4-8-14/h1,3-4,7-8,11,13H,2,5-6,9-10,12H2. The molecule has 1 fully saturated rings. The molecule has 1 amide bonds. The zero-order chi connectivity index (χ0) is 15.2. The van der Waals surface area contributed by atoms with Gasteiger partial charge in [-0.2, -0.15) is 0 Å². The van der Waals surface area contributed by atoms with Crippen LogP contribution in [0.5, 0.6) is 5.88 Å². The van der Waals surface area contributed by atoms with Gasteiger partial charge in [-0.25, -0.2) is 9.97 Å². The highest BCUT2D eigenvalue weighted by atomic mass is 16.5. The van der Waals surface area contributed by atoms with Gasteiger partial charge in [0.05, 0.1) is 0 Å². The van der Waals surface area contributed by atoms with E-state index in [0.717, 1.165) is 31.5 Å². The molecule has 1 aliphatic heterocycles. The first-order chi connectivity index (χ1) is 10.8. The fourth-order valence-electron chi connectivity index (χ4n) is 2.53. The van der Waals surface area contributed by atoms with E-state index in [9.17, 15) is 4.79 Å². The molecule has 5 nitrogen and oxygen atoms in total. The predicted octanol–water partition coefficient (Wildman–Crippen LogP) is 2.68. The molecular formula is C17H19N3O2. The summed E-state index contributed by atoms with van der Waals surface area (Å²) < 4.78 is 5.65. The molecule has 0 N–H and O–H groups in total. The minimum absolute atomic E-state index is 0.0355. The molecule has 0 atom stereocenters. The molecule has 0 spiro atoms. The predicted molar refractivity (Wildman–Crippen MR) is 82.6 cm³/mol. The Labute approximate surface area is 130 Å². The van der Waals surface area contributed by atoms with Crippen LogP contribution >= 0.6 is 0 Å². The van der Waals surface area contributed by atoms with Crippen molar-refractivity contribution in [3.8, 4) is 5.88 Å². The van der Waals surface area contributed by atoms with Crippen LogP contribution in [0.3, 0.4) is 0 Å². The lowest BCUT2D eigenvalue weighted by Gasteiger charge is -2.26. The van der Waals surface area contributed by atoms with Gasteiger partial charge in [0.1, 0.15) is 18.6 Å². The minimum Gasteiger partial charge on any atom is -0.473 e. The number of hydrogen-bond acceptors (Lipinski definition) is 4. The molecule has 0 aliphatic carbocycles. The number of carbonyl (C=O) groups excluding carboxylic acids is 1. The van der Waals surface area contributed by atoms with Crippen LogP contribution in [0.15, 0.2) is 42.7 Å². The van der Waals surface area contributed by atoms with E-state index in [4.69, 9.17) is 4.74 Å². The number of ether oxygens (including phenoxy) is 1. The third-order valence-electron chi connectivity index (χ3n) is 3.73. The minimum atomic E-state index is -0.0355. The monoisotopic (exact) mass is 297 g/mol. The van der Waals surface area contributed by atoms with Crippen molar-refractivity contribution in [2.24, 2.45) is 0 Å². The Morgan fingerprint density at radius 1 is 1.09 bits per heavy atom. The van der Waals surface area contributed by atoms with Crippen LogP contribution in [-0.4, -0.2) is 33.9 Å². The quantitative estimate of drug-likeness (QED) is 0.870. The average Bonchev–Trinajstić information content (AvgIpc) is 2.61. The molecule has 114 valence electrons. The summed E-state index contributed by atoms with van der Waals surface area (Å²) in [7, 11) is 0. The number of hydrogen-bond donors (Lipinski definition) is 0. The molecule has 0 bridgehead atoms. The molecule has 3 rings (SSSR count). The second kappa shape index (κ2) is 7.02. The molecule has 1 aromatic heterocycles. The second-order valence-electron chi connectivity index (χ2n) is 5.37. The van der Waals surface area contributed by atoms with Crippen LogP contribution in [0, 0.1) is 0 Å². The van der Waals surface area contributed by atoms with Crippen LogP contribution in [-0.2, 0) is 6.61 Å². The summed E-state index contributed by atoms with van der Waals surface area (Å²) in [6, 6.07) is 11.5. The molecular weight excluding hydrogens is 278 g/mol. The zero-order valence-corrected chi connectivity index (χ0v) is 12.4. The lowest BCUT2D eigenvalue weighted by atomic mass is 10.1. The van der Waals surface area contributed by atoms with Crippen LogP contribution in [0.1, 0.15) is 35.3 Å². The van der Waals surface area contributed by atoms with Gasteiger partial charge in [-0.15, -0.1) is 0 Å². The van der Waals surface area contributed by atoms with Crippen molar-refractivity contribution < 1.29 is 9.53 Å². The largest absolute Gasteiger partial charge is 0.473 e. The Hall–Kier alpha value is -2.43. The van der Waals surface area contributed by atoms with Gasteiger partial charge in [0.25, 0.3) is 5.91 Å². The molecule has 0 saturated carbocycles. The third kappa shape index (κ3) is 3.61. The van der Waals surface area contributed by atoms with Crippen molar-refractivity contribution in [1.82, 2.24) is 14.9 Å². The van der Waals surface area contributed by atoms with E-state index in [2.05, 4.69) is 9.97 Å². The van der Waals surface area contributed by atoms with E-state index >= 15 is 0 Å². The Balaban J connectivity index is 1.65. The maximum absolute atomic E-state index is 12.4. The van der Waals surface area contributed by atoms with E-state index in [0.29, 0.717) is 18.2 Å². The van der Waals surface area contributed by atoms with Gasteiger partial charge in [-0.3, -0.25) is 4.79 Å². The molecule has 0 radical (unpaired) electrons. The molecule has 2 heterocycles. The highest BCUT2D eigenvalue weighted by Crippen LogP contribution is 2.15. The van der Waals surface area contributed by atoms with E-state index in [1.54, 1.807) is 6.07 Å². The Morgan fingerprint density at radius 2 is 1.86 bits per heavy atom. The first-order valence-corrected chi connectivity index (χ1v) is 7.61. The van der Waals surface area contributed by atoms with Crippen molar-refractivity contribution in [3.63, 3.8) is 0 Å². The maximum Gasteiger partial charge on any atom is 0.272 e. The summed E-state index contributed by atoms with van der Waals surface area (Å²) in [6.07, 6.45) is 4.71. The normalized spacial score (nSPS) is 14.6. The number of benzene rings is 1. The van der Waals surface area contributed by atoms with Crippen LogP contribution in [0.25, 0.3) is 0 Å². The van der Waals surface area contributed by atoms with Gasteiger partial charge in [-0.05, 0) is 24.8 Å². The van der Waals surface area contributed by atoms with Gasteiger partial charge >= 0.3 is 0 Å². The van der Waals surface area contributed by atoms with Crippen molar-refractivity contribution in [3.05, 3.63) is 54.0 Å². The topological polar surface area (TPSA) is 55.3 Å². The zero-order valence-electron chi connectivity index (χ0n) is 12.4. The highest BCUT2D eigenvalue weighted by Gasteiger charge is 2.19. The lowest BCUT2D eigenvalue weighted by molar-refractivity contribution is 0.0717. The van der Waals surface area contributed by atoms with Crippen LogP contribution in [0.4, 0.5) is 0 Å². The molecule has 0 unspecified atom stereocenters. The lowest BCUT2D eigenvalue weighted by Crippen LogP contribution is -2.36. The summed E-state index contributed by atoms with van der Waals surface area (Å²) in [4.78, 5) is 22.4. The molecule has 2 aromatic rings. The Morgan fingerprint density at radius 3 is 2.64 bits per heavy atom. The second-order valence-corrected chi connectivity index (χ2v) is 5.37. The maximum atomic E-state index is 12.4. The number of aromatic nitrogens is 2. The number of nitrogens with zero attached hydrogens (tertiary/aromatic N) is 3. The van der Waals surface area contributed by atoms with Gasteiger partial charge in [0, 0.05) is 19.2 Å². The molecule has 5 heteroatoms. The summed E-state index contributed by atoms with van der Waals surface area (Å²) in [5.41, 5.74) is 1.46. The number of carbonyl (C=O) groups is 1. The van der Waals surface area contributed by atoms with Crippen molar-refractivity contribution in [2.45, 2.75) is 25.9 Å². The fraction of sp³-hybridized carbons (Fsp3) is 0.353. The van der Waals surface area contributed by atoms with E-state index in [1.165, 1.54) is 12.7 Å². The molecule has 1 aromatic carbocycles. The van der Waals surface area contributed by atoms with Crippen molar-refractivity contribution in [1.29, 1.82) is 0 Å². The first-order valence-electron chi connectivity index (χ1n) is 7.61. The van der Waals surface area contributed by atoms with Crippen LogP contribution < -0.4 is 4.74 Å². The van der Waals surface area contributed by atoms with Crippen molar-refractivity contribution >= 4 is 5.91 Å². The summed E-state index contributed by atoms with van der Waals surface area (Å²) in [5, 5.41) is 0. The van der Waals surface area contributed by atoms with E-state index < -0.39 is 0 Å². The Kier molecular flexibility index (Phi) is 4.63. The number of likely N-dealkylation sites (tertiary alicyclic amines) is 1. The third-order valence-corrected chi connectivity index (χ3v) is 3.73. The molecule has 22 heavy (non-hydrogen) atoms. The smallest absolute Gasteiger partial charge is 0.272 e.